The summed E-state index contributed by atoms with van der Waals surface area (Å²) >= 11 is 17.7. The van der Waals surface area contributed by atoms with E-state index in [2.05, 4.69) is 0 Å². The van der Waals surface area contributed by atoms with E-state index < -0.39 is 54.6 Å². The van der Waals surface area contributed by atoms with Crippen LogP contribution in [0.4, 0.5) is 0 Å². The summed E-state index contributed by atoms with van der Waals surface area (Å²) in [6.07, 6.45) is -4.68. The van der Waals surface area contributed by atoms with Gasteiger partial charge in [-0.3, -0.25) is 29.0 Å². The largest absolute Gasteiger partial charge is 0.463 e. The molecule has 1 aliphatic rings. The van der Waals surface area contributed by atoms with Crippen LogP contribution in [0.25, 0.3) is 0 Å². The van der Waals surface area contributed by atoms with Gasteiger partial charge in [0, 0.05) is 47.3 Å². The lowest BCUT2D eigenvalue weighted by molar-refractivity contribution is -0.308. The zero-order valence-corrected chi connectivity index (χ0v) is 24.3. The van der Waals surface area contributed by atoms with Crippen LogP contribution >= 0.6 is 34.8 Å². The number of halogens is 3. The minimum atomic E-state index is -1.27. The Balaban J connectivity index is 2.93. The van der Waals surface area contributed by atoms with Gasteiger partial charge in [0.2, 0.25) is 0 Å². The fourth-order valence-corrected chi connectivity index (χ4v) is 4.44. The van der Waals surface area contributed by atoms with E-state index in [0.29, 0.717) is 37.5 Å². The Morgan fingerprint density at radius 1 is 0.684 bits per heavy atom. The van der Waals surface area contributed by atoms with Crippen molar-refractivity contribution in [3.05, 3.63) is 0 Å². The maximum absolute atomic E-state index is 11.9. The molecular formula is C23H37Cl3N2O10. The third kappa shape index (κ3) is 13.1. The number of carbonyl (C=O) groups excluding carboxylic acids is 4. The first kappa shape index (κ1) is 34.6. The van der Waals surface area contributed by atoms with Crippen molar-refractivity contribution in [1.29, 1.82) is 0 Å². The quantitative estimate of drug-likeness (QED) is 0.0789. The van der Waals surface area contributed by atoms with E-state index in [9.17, 15) is 19.2 Å². The lowest BCUT2D eigenvalue weighted by Crippen LogP contribution is -2.63. The molecule has 0 aromatic rings. The van der Waals surface area contributed by atoms with E-state index in [1.807, 2.05) is 9.80 Å². The van der Waals surface area contributed by atoms with E-state index in [4.69, 9.17) is 63.2 Å². The summed E-state index contributed by atoms with van der Waals surface area (Å²) in [7, 11) is 0. The standard InChI is InChI=1S/C23H37Cl3N2O10/c1-15(29)34-11-19-20(35-16(2)30)21(36-17(3)31)22(37-18(4)32)23(38-19)33-10-6-9-27(12-24)7-5-8-28(13-25)14-26/h19-23H,5-14H2,1-4H3. The van der Waals surface area contributed by atoms with E-state index in [1.165, 1.54) is 13.8 Å². The number of esters is 4. The van der Waals surface area contributed by atoms with Crippen molar-refractivity contribution < 1.29 is 47.6 Å². The molecule has 0 saturated carbocycles. The number of carbonyl (C=O) groups is 4. The molecule has 12 nitrogen and oxygen atoms in total. The van der Waals surface area contributed by atoms with E-state index in [1.54, 1.807) is 0 Å². The highest BCUT2D eigenvalue weighted by molar-refractivity contribution is 6.20. The number of alkyl halides is 3. The van der Waals surface area contributed by atoms with Gasteiger partial charge in [0.25, 0.3) is 0 Å². The van der Waals surface area contributed by atoms with Crippen LogP contribution in [0.5, 0.6) is 0 Å². The van der Waals surface area contributed by atoms with Crippen LogP contribution < -0.4 is 0 Å². The number of ether oxygens (including phenoxy) is 6. The first-order valence-electron chi connectivity index (χ1n) is 12.1. The normalized spacial score (nSPS) is 23.2. The second kappa shape index (κ2) is 18.8. The Kier molecular flexibility index (Phi) is 17.1. The van der Waals surface area contributed by atoms with Gasteiger partial charge < -0.3 is 28.4 Å². The first-order chi connectivity index (χ1) is 18.0. The molecule has 0 aliphatic carbocycles. The van der Waals surface area contributed by atoms with Gasteiger partial charge in [-0.1, -0.05) is 0 Å². The minimum Gasteiger partial charge on any atom is -0.463 e. The zero-order chi connectivity index (χ0) is 28.7. The molecule has 5 atom stereocenters. The van der Waals surface area contributed by atoms with Gasteiger partial charge in [0.15, 0.2) is 24.6 Å². The highest BCUT2D eigenvalue weighted by Crippen LogP contribution is 2.30. The molecular weight excluding hydrogens is 571 g/mol. The SMILES string of the molecule is CC(=O)OCC1OC(OCCCN(CCl)CCCN(CCl)CCl)C(OC(C)=O)C(OC(C)=O)C1OC(C)=O. The van der Waals surface area contributed by atoms with Gasteiger partial charge in [-0.25, -0.2) is 0 Å². The second-order valence-corrected chi connectivity index (χ2v) is 9.23. The molecule has 220 valence electrons. The minimum absolute atomic E-state index is 0.163. The summed E-state index contributed by atoms with van der Waals surface area (Å²) in [5.41, 5.74) is 0. The molecule has 0 aromatic heterocycles. The molecule has 0 radical (unpaired) electrons. The highest BCUT2D eigenvalue weighted by atomic mass is 35.5. The topological polar surface area (TPSA) is 130 Å². The lowest BCUT2D eigenvalue weighted by Gasteiger charge is -2.44. The van der Waals surface area contributed by atoms with Crippen LogP contribution in [0.2, 0.25) is 0 Å². The maximum atomic E-state index is 11.9. The van der Waals surface area contributed by atoms with Gasteiger partial charge in [-0.05, 0) is 12.8 Å². The van der Waals surface area contributed by atoms with Crippen molar-refractivity contribution in [2.45, 2.75) is 71.2 Å². The Hall–Kier alpha value is -1.41. The molecule has 1 rings (SSSR count). The van der Waals surface area contributed by atoms with Gasteiger partial charge in [-0.15, -0.1) is 34.8 Å². The summed E-state index contributed by atoms with van der Waals surface area (Å²) in [5, 5.41) is 0. The van der Waals surface area contributed by atoms with Crippen LogP contribution in [0.3, 0.4) is 0 Å². The highest BCUT2D eigenvalue weighted by Gasteiger charge is 2.52. The lowest BCUT2D eigenvalue weighted by atomic mass is 9.98. The molecule has 5 unspecified atom stereocenters. The summed E-state index contributed by atoms with van der Waals surface area (Å²) < 4.78 is 32.9. The summed E-state index contributed by atoms with van der Waals surface area (Å²) in [6.45, 7) is 6.56. The van der Waals surface area contributed by atoms with Crippen LogP contribution in [-0.4, -0.2) is 115 Å². The molecule has 0 bridgehead atoms. The van der Waals surface area contributed by atoms with Crippen molar-refractivity contribution in [2.24, 2.45) is 0 Å². The molecule has 1 fully saturated rings. The number of rotatable bonds is 17. The summed E-state index contributed by atoms with van der Waals surface area (Å²) in [6, 6.07) is 0.989. The van der Waals surface area contributed by atoms with E-state index >= 15 is 0 Å². The van der Waals surface area contributed by atoms with Crippen molar-refractivity contribution in [1.82, 2.24) is 9.80 Å². The molecule has 0 spiro atoms. The zero-order valence-electron chi connectivity index (χ0n) is 22.1. The second-order valence-electron chi connectivity index (χ2n) is 8.52. The van der Waals surface area contributed by atoms with Crippen molar-refractivity contribution >= 4 is 58.7 Å². The van der Waals surface area contributed by atoms with Gasteiger partial charge in [-0.2, -0.15) is 0 Å². The van der Waals surface area contributed by atoms with Crippen molar-refractivity contribution in [3.8, 4) is 0 Å². The number of hydrogen-bond acceptors (Lipinski definition) is 12. The van der Waals surface area contributed by atoms with Crippen LogP contribution in [0.1, 0.15) is 40.5 Å². The third-order valence-corrected chi connectivity index (χ3v) is 6.32. The number of nitrogens with zero attached hydrogens (tertiary/aromatic N) is 2. The smallest absolute Gasteiger partial charge is 0.303 e. The molecule has 0 aromatic carbocycles. The molecule has 1 heterocycles. The van der Waals surface area contributed by atoms with Gasteiger partial charge >= 0.3 is 23.9 Å². The predicted molar refractivity (Wildman–Crippen MR) is 138 cm³/mol. The average Bonchev–Trinajstić information content (AvgIpc) is 2.84. The molecule has 1 aliphatic heterocycles. The fraction of sp³-hybridized carbons (Fsp3) is 0.826. The molecule has 0 amide bonds. The van der Waals surface area contributed by atoms with Crippen molar-refractivity contribution in [2.75, 3.05) is 50.9 Å². The van der Waals surface area contributed by atoms with Crippen molar-refractivity contribution in [3.63, 3.8) is 0 Å². The average molecular weight is 608 g/mol. The molecule has 0 N–H and O–H groups in total. The third-order valence-electron chi connectivity index (χ3n) is 5.30. The Morgan fingerprint density at radius 3 is 1.71 bits per heavy atom. The monoisotopic (exact) mass is 606 g/mol. The summed E-state index contributed by atoms with van der Waals surface area (Å²) in [5.74, 6) is -2.71. The predicted octanol–water partition coefficient (Wildman–Crippen LogP) is 2.06. The van der Waals surface area contributed by atoms with Crippen LogP contribution in [0.15, 0.2) is 0 Å². The van der Waals surface area contributed by atoms with Gasteiger partial charge in [0.1, 0.15) is 12.7 Å². The van der Waals surface area contributed by atoms with Crippen LogP contribution in [-0.2, 0) is 47.6 Å². The van der Waals surface area contributed by atoms with Gasteiger partial charge in [0.05, 0.1) is 24.6 Å². The Morgan fingerprint density at radius 2 is 1.18 bits per heavy atom. The van der Waals surface area contributed by atoms with E-state index in [0.717, 1.165) is 26.8 Å². The molecule has 1 saturated heterocycles. The fourth-order valence-electron chi connectivity index (χ4n) is 3.71. The Labute approximate surface area is 238 Å². The van der Waals surface area contributed by atoms with E-state index in [-0.39, 0.29) is 13.2 Å². The molecule has 38 heavy (non-hydrogen) atoms. The molecule has 15 heteroatoms. The first-order valence-corrected chi connectivity index (χ1v) is 13.7. The Bertz CT molecular complexity index is 759. The van der Waals surface area contributed by atoms with Crippen LogP contribution in [0, 0.1) is 0 Å². The summed E-state index contributed by atoms with van der Waals surface area (Å²) in [4.78, 5) is 50.9. The number of hydrogen-bond donors (Lipinski definition) is 0. The maximum Gasteiger partial charge on any atom is 0.303 e.